The second-order valence-corrected chi connectivity index (χ2v) is 4.01. The van der Waals surface area contributed by atoms with Gasteiger partial charge in [0.05, 0.1) is 5.39 Å². The molecule has 0 atom stereocenters. The average Bonchev–Trinajstić information content (AvgIpc) is 2.56. The molecule has 2 rings (SSSR count). The Morgan fingerprint density at radius 1 is 1.53 bits per heavy atom. The molecule has 0 aliphatic carbocycles. The number of thiophene rings is 1. The van der Waals surface area contributed by atoms with E-state index in [0.717, 1.165) is 5.39 Å². The molecule has 0 saturated heterocycles. The van der Waals surface area contributed by atoms with Crippen LogP contribution >= 0.6 is 11.3 Å². The Labute approximate surface area is 89.8 Å². The van der Waals surface area contributed by atoms with Crippen molar-refractivity contribution < 1.29 is 9.90 Å². The largest absolute Gasteiger partial charge is 0.477 e. The highest BCUT2D eigenvalue weighted by molar-refractivity contribution is 7.20. The second kappa shape index (κ2) is 3.47. The molecule has 0 bridgehead atoms. The van der Waals surface area contributed by atoms with Crippen LogP contribution < -0.4 is 5.32 Å². The molecule has 0 saturated carbocycles. The first-order valence-corrected chi connectivity index (χ1v) is 5.12. The molecule has 0 aliphatic rings. The fraction of sp³-hybridized carbons (Fsp3) is 0.222. The molecule has 0 aliphatic heterocycles. The van der Waals surface area contributed by atoms with E-state index in [4.69, 9.17) is 5.11 Å². The fourth-order valence-corrected chi connectivity index (χ4v) is 2.45. The smallest absolute Gasteiger partial charge is 0.346 e. The van der Waals surface area contributed by atoms with Crippen molar-refractivity contribution in [1.82, 2.24) is 9.97 Å². The van der Waals surface area contributed by atoms with Gasteiger partial charge in [-0.1, -0.05) is 0 Å². The normalized spacial score (nSPS) is 10.5. The van der Waals surface area contributed by atoms with Gasteiger partial charge in [0.25, 0.3) is 0 Å². The van der Waals surface area contributed by atoms with Gasteiger partial charge in [0.15, 0.2) is 0 Å². The van der Waals surface area contributed by atoms with Crippen molar-refractivity contribution in [3.8, 4) is 0 Å². The van der Waals surface area contributed by atoms with E-state index in [9.17, 15) is 4.79 Å². The summed E-state index contributed by atoms with van der Waals surface area (Å²) in [5, 5.41) is 12.7. The highest BCUT2D eigenvalue weighted by atomic mass is 32.1. The van der Waals surface area contributed by atoms with E-state index < -0.39 is 5.97 Å². The van der Waals surface area contributed by atoms with Crippen LogP contribution in [0.25, 0.3) is 10.2 Å². The Kier molecular flexibility index (Phi) is 2.28. The van der Waals surface area contributed by atoms with Gasteiger partial charge in [-0.3, -0.25) is 0 Å². The lowest BCUT2D eigenvalue weighted by Crippen LogP contribution is -1.96. The van der Waals surface area contributed by atoms with E-state index in [2.05, 4.69) is 15.3 Å². The summed E-state index contributed by atoms with van der Waals surface area (Å²) in [5.41, 5.74) is 0.715. The van der Waals surface area contributed by atoms with E-state index in [0.29, 0.717) is 21.1 Å². The van der Waals surface area contributed by atoms with Gasteiger partial charge in [-0.2, -0.15) is 0 Å². The minimum absolute atomic E-state index is 0.321. The number of fused-ring (bicyclic) bond motifs is 1. The van der Waals surface area contributed by atoms with Crippen LogP contribution in [0.4, 0.5) is 5.82 Å². The van der Waals surface area contributed by atoms with E-state index >= 15 is 0 Å². The van der Waals surface area contributed by atoms with Crippen molar-refractivity contribution in [2.75, 3.05) is 12.4 Å². The molecule has 6 heteroatoms. The molecule has 0 unspecified atom stereocenters. The van der Waals surface area contributed by atoms with Crippen molar-refractivity contribution in [2.24, 2.45) is 0 Å². The highest BCUT2D eigenvalue weighted by Gasteiger charge is 2.17. The molecular formula is C9H9N3O2S. The summed E-state index contributed by atoms with van der Waals surface area (Å²) in [6.45, 7) is 1.77. The summed E-state index contributed by atoms with van der Waals surface area (Å²) in [7, 11) is 1.75. The molecule has 2 aromatic rings. The van der Waals surface area contributed by atoms with Gasteiger partial charge in [0, 0.05) is 7.05 Å². The second-order valence-electron chi connectivity index (χ2n) is 3.01. The molecule has 15 heavy (non-hydrogen) atoms. The number of anilines is 1. The van der Waals surface area contributed by atoms with E-state index in [-0.39, 0.29) is 0 Å². The van der Waals surface area contributed by atoms with Gasteiger partial charge in [0.2, 0.25) is 0 Å². The lowest BCUT2D eigenvalue weighted by molar-refractivity contribution is 0.0701. The van der Waals surface area contributed by atoms with Gasteiger partial charge in [-0.05, 0) is 12.5 Å². The summed E-state index contributed by atoms with van der Waals surface area (Å²) < 4.78 is 0. The molecule has 2 aromatic heterocycles. The summed E-state index contributed by atoms with van der Waals surface area (Å²) in [5.74, 6) is -0.251. The fourth-order valence-electron chi connectivity index (χ4n) is 1.47. The first-order chi connectivity index (χ1) is 7.15. The van der Waals surface area contributed by atoms with Crippen LogP contribution in [0.5, 0.6) is 0 Å². The predicted octanol–water partition coefficient (Wildman–Crippen LogP) is 1.74. The van der Waals surface area contributed by atoms with Gasteiger partial charge in [-0.25, -0.2) is 14.8 Å². The molecule has 0 radical (unpaired) electrons. The molecule has 5 nitrogen and oxygen atoms in total. The van der Waals surface area contributed by atoms with Crippen molar-refractivity contribution in [2.45, 2.75) is 6.92 Å². The van der Waals surface area contributed by atoms with Crippen molar-refractivity contribution in [1.29, 1.82) is 0 Å². The van der Waals surface area contributed by atoms with E-state index in [1.165, 1.54) is 17.7 Å². The molecule has 0 aromatic carbocycles. The zero-order valence-corrected chi connectivity index (χ0v) is 9.05. The third-order valence-electron chi connectivity index (χ3n) is 2.16. The zero-order chi connectivity index (χ0) is 11.0. The first kappa shape index (κ1) is 9.85. The number of aromatic nitrogens is 2. The Bertz CT molecular complexity index is 535. The molecular weight excluding hydrogens is 214 g/mol. The molecule has 0 spiro atoms. The number of aryl methyl sites for hydroxylation is 1. The lowest BCUT2D eigenvalue weighted by Gasteiger charge is -2.00. The average molecular weight is 223 g/mol. The van der Waals surface area contributed by atoms with Crippen LogP contribution in [0.3, 0.4) is 0 Å². The molecule has 0 fully saturated rings. The molecule has 78 valence electrons. The predicted molar refractivity (Wildman–Crippen MR) is 58.7 cm³/mol. The van der Waals surface area contributed by atoms with Crippen LogP contribution in [-0.2, 0) is 0 Å². The zero-order valence-electron chi connectivity index (χ0n) is 8.24. The number of hydrogen-bond acceptors (Lipinski definition) is 5. The van der Waals surface area contributed by atoms with E-state index in [1.54, 1.807) is 14.0 Å². The van der Waals surface area contributed by atoms with Crippen LogP contribution in [-0.4, -0.2) is 28.1 Å². The van der Waals surface area contributed by atoms with Gasteiger partial charge in [-0.15, -0.1) is 11.3 Å². The topological polar surface area (TPSA) is 75.1 Å². The molecule has 0 amide bonds. The summed E-state index contributed by atoms with van der Waals surface area (Å²) in [6.07, 6.45) is 1.43. The SMILES string of the molecule is CNc1ncnc2sc(C(=O)O)c(C)c12. The highest BCUT2D eigenvalue weighted by Crippen LogP contribution is 2.32. The quantitative estimate of drug-likeness (QED) is 0.811. The van der Waals surface area contributed by atoms with Gasteiger partial charge >= 0.3 is 5.97 Å². The minimum Gasteiger partial charge on any atom is -0.477 e. The van der Waals surface area contributed by atoms with Gasteiger partial charge < -0.3 is 10.4 Å². The Balaban J connectivity index is 2.82. The van der Waals surface area contributed by atoms with Gasteiger partial charge in [0.1, 0.15) is 21.9 Å². The first-order valence-electron chi connectivity index (χ1n) is 4.30. The van der Waals surface area contributed by atoms with Crippen LogP contribution in [0.15, 0.2) is 6.33 Å². The Morgan fingerprint density at radius 2 is 2.27 bits per heavy atom. The van der Waals surface area contributed by atoms with Crippen molar-refractivity contribution >= 4 is 33.3 Å². The number of aromatic carboxylic acids is 1. The standard InChI is InChI=1S/C9H9N3O2S/c1-4-5-7(10-2)11-3-12-8(5)15-6(4)9(13)14/h3H,1-2H3,(H,13,14)(H,10,11,12). The summed E-state index contributed by atoms with van der Waals surface area (Å²) in [6, 6.07) is 0. The van der Waals surface area contributed by atoms with Crippen molar-refractivity contribution in [3.63, 3.8) is 0 Å². The third-order valence-corrected chi connectivity index (χ3v) is 3.35. The van der Waals surface area contributed by atoms with Crippen molar-refractivity contribution in [3.05, 3.63) is 16.8 Å². The summed E-state index contributed by atoms with van der Waals surface area (Å²) in [4.78, 5) is 20.1. The monoisotopic (exact) mass is 223 g/mol. The maximum absolute atomic E-state index is 10.9. The maximum Gasteiger partial charge on any atom is 0.346 e. The lowest BCUT2D eigenvalue weighted by atomic mass is 10.2. The molecule has 2 heterocycles. The molecule has 2 N–H and O–H groups in total. The summed E-state index contributed by atoms with van der Waals surface area (Å²) >= 11 is 1.17. The number of nitrogens with zero attached hydrogens (tertiary/aromatic N) is 2. The maximum atomic E-state index is 10.9. The number of carboxylic acid groups (broad SMARTS) is 1. The number of carbonyl (C=O) groups is 1. The van der Waals surface area contributed by atoms with Crippen LogP contribution in [0.2, 0.25) is 0 Å². The Hall–Kier alpha value is -1.69. The Morgan fingerprint density at radius 3 is 2.87 bits per heavy atom. The van der Waals surface area contributed by atoms with Crippen LogP contribution in [0, 0.1) is 6.92 Å². The number of nitrogens with one attached hydrogen (secondary N) is 1. The van der Waals surface area contributed by atoms with E-state index in [1.807, 2.05) is 0 Å². The number of hydrogen-bond donors (Lipinski definition) is 2. The number of rotatable bonds is 2. The number of carboxylic acids is 1. The third kappa shape index (κ3) is 1.42. The van der Waals surface area contributed by atoms with Crippen LogP contribution in [0.1, 0.15) is 15.2 Å². The minimum atomic E-state index is -0.919.